The molecule has 2 aromatic rings. The van der Waals surface area contributed by atoms with Crippen LogP contribution in [0, 0.1) is 12.8 Å². The number of rotatable bonds is 6. The lowest BCUT2D eigenvalue weighted by molar-refractivity contribution is -0.152. The highest BCUT2D eigenvalue weighted by Gasteiger charge is 2.47. The number of benzene rings is 2. The van der Waals surface area contributed by atoms with Crippen molar-refractivity contribution in [2.24, 2.45) is 5.92 Å². The lowest BCUT2D eigenvalue weighted by Crippen LogP contribution is -2.49. The van der Waals surface area contributed by atoms with Gasteiger partial charge < -0.3 is 10.1 Å². The Hall–Kier alpha value is -1.56. The molecule has 1 heterocycles. The molecule has 0 fully saturated rings. The summed E-state index contributed by atoms with van der Waals surface area (Å²) in [6.45, 7) is 4.67. The van der Waals surface area contributed by atoms with Crippen molar-refractivity contribution in [3.05, 3.63) is 58.8 Å². The van der Waals surface area contributed by atoms with Crippen molar-refractivity contribution in [3.63, 3.8) is 0 Å². The van der Waals surface area contributed by atoms with Crippen molar-refractivity contribution in [1.29, 1.82) is 0 Å². The molecule has 1 unspecified atom stereocenters. The quantitative estimate of drug-likeness (QED) is 0.176. The highest BCUT2D eigenvalue weighted by molar-refractivity contribution is 9.15. The number of carbonyl (C=O) groups is 4. The molecule has 0 spiro atoms. The average molecular weight is 710 g/mol. The lowest BCUT2D eigenvalue weighted by Gasteiger charge is -2.27. The van der Waals surface area contributed by atoms with Crippen LogP contribution in [0.1, 0.15) is 40.1 Å². The fraction of sp³-hybridized carbons (Fsp3) is 0.273. The summed E-state index contributed by atoms with van der Waals surface area (Å²) in [6.07, 6.45) is 0. The standard InChI is InChI=1S/C22H18Br4N2O5/c1-9(2)19(22(32)33-8-12(29)27-11-7-5-4-6-10(11)3)28-20(30)13-14(21(28)31)16(24)18(26)17(25)15(13)23/h4-7,9,19H,8H2,1-3H3,(H,27,29). The van der Waals surface area contributed by atoms with Gasteiger partial charge in [0.05, 0.1) is 11.1 Å². The highest BCUT2D eigenvalue weighted by atomic mass is 79.9. The van der Waals surface area contributed by atoms with E-state index in [1.165, 1.54) is 0 Å². The first kappa shape index (κ1) is 26.1. The summed E-state index contributed by atoms with van der Waals surface area (Å²) >= 11 is 13.5. The zero-order chi connectivity index (χ0) is 24.6. The number of halogens is 4. The number of hydrogen-bond acceptors (Lipinski definition) is 5. The summed E-state index contributed by atoms with van der Waals surface area (Å²) in [5.41, 5.74) is 1.73. The zero-order valence-electron chi connectivity index (χ0n) is 17.7. The molecule has 33 heavy (non-hydrogen) atoms. The van der Waals surface area contributed by atoms with E-state index in [0.717, 1.165) is 10.5 Å². The Morgan fingerprint density at radius 3 is 1.94 bits per heavy atom. The highest BCUT2D eigenvalue weighted by Crippen LogP contribution is 2.46. The van der Waals surface area contributed by atoms with Crippen LogP contribution in [0.3, 0.4) is 0 Å². The average Bonchev–Trinajstić information content (AvgIpc) is 3.01. The molecule has 0 aromatic heterocycles. The van der Waals surface area contributed by atoms with Crippen molar-refractivity contribution in [2.75, 3.05) is 11.9 Å². The van der Waals surface area contributed by atoms with E-state index in [1.54, 1.807) is 26.0 Å². The van der Waals surface area contributed by atoms with E-state index in [0.29, 0.717) is 23.6 Å². The molecule has 1 N–H and O–H groups in total. The Kier molecular flexibility index (Phi) is 8.19. The minimum Gasteiger partial charge on any atom is -0.454 e. The van der Waals surface area contributed by atoms with Crippen molar-refractivity contribution < 1.29 is 23.9 Å². The van der Waals surface area contributed by atoms with Gasteiger partial charge in [0.2, 0.25) is 0 Å². The summed E-state index contributed by atoms with van der Waals surface area (Å²) in [5, 5.41) is 2.68. The number of carbonyl (C=O) groups excluding carboxylic acids is 4. The molecule has 174 valence electrons. The van der Waals surface area contributed by atoms with E-state index < -0.39 is 42.3 Å². The van der Waals surface area contributed by atoms with E-state index >= 15 is 0 Å². The van der Waals surface area contributed by atoms with E-state index in [9.17, 15) is 19.2 Å². The van der Waals surface area contributed by atoms with Crippen LogP contribution >= 0.6 is 63.7 Å². The number of aryl methyl sites for hydroxylation is 1. The Labute approximate surface area is 224 Å². The van der Waals surface area contributed by atoms with E-state index in [-0.39, 0.29) is 11.1 Å². The molecule has 1 atom stereocenters. The van der Waals surface area contributed by atoms with Gasteiger partial charge in [0.1, 0.15) is 6.04 Å². The van der Waals surface area contributed by atoms with Crippen LogP contribution in [-0.4, -0.2) is 41.2 Å². The van der Waals surface area contributed by atoms with Gasteiger partial charge in [-0.1, -0.05) is 32.0 Å². The third-order valence-electron chi connectivity index (χ3n) is 5.05. The molecule has 11 heteroatoms. The molecule has 0 bridgehead atoms. The third-order valence-corrected chi connectivity index (χ3v) is 9.82. The SMILES string of the molecule is Cc1ccccc1NC(=O)COC(=O)C(C(C)C)N1C(=O)c2c(Br)c(Br)c(Br)c(Br)c2C1=O. The monoisotopic (exact) mass is 706 g/mol. The van der Waals surface area contributed by atoms with Crippen LogP contribution in [-0.2, 0) is 14.3 Å². The molecule has 3 rings (SSSR count). The molecule has 1 aliphatic rings. The van der Waals surface area contributed by atoms with E-state index in [4.69, 9.17) is 4.74 Å². The zero-order valence-corrected chi connectivity index (χ0v) is 24.0. The maximum atomic E-state index is 13.2. The van der Waals surface area contributed by atoms with Crippen molar-refractivity contribution in [3.8, 4) is 0 Å². The Morgan fingerprint density at radius 2 is 1.45 bits per heavy atom. The van der Waals surface area contributed by atoms with Gasteiger partial charge in [-0.05, 0) is 88.2 Å². The van der Waals surface area contributed by atoms with Crippen LogP contribution in [0.4, 0.5) is 5.69 Å². The predicted molar refractivity (Wildman–Crippen MR) is 137 cm³/mol. The van der Waals surface area contributed by atoms with Gasteiger partial charge in [-0.2, -0.15) is 0 Å². The van der Waals surface area contributed by atoms with Crippen molar-refractivity contribution >= 4 is 93.1 Å². The Balaban J connectivity index is 1.82. The van der Waals surface area contributed by atoms with E-state index in [1.807, 2.05) is 19.1 Å². The number of nitrogens with one attached hydrogen (secondary N) is 1. The van der Waals surface area contributed by atoms with Gasteiger partial charge in [-0.15, -0.1) is 0 Å². The molecule has 2 aromatic carbocycles. The number of esters is 1. The number of anilines is 1. The topological polar surface area (TPSA) is 92.8 Å². The molecule has 0 radical (unpaired) electrons. The first-order valence-electron chi connectivity index (χ1n) is 9.73. The maximum Gasteiger partial charge on any atom is 0.330 e. The molecule has 7 nitrogen and oxygen atoms in total. The molecular weight excluding hydrogens is 692 g/mol. The maximum absolute atomic E-state index is 13.2. The second-order valence-corrected chi connectivity index (χ2v) is 10.8. The van der Waals surface area contributed by atoms with Crippen LogP contribution in [0.25, 0.3) is 0 Å². The number of para-hydroxylation sites is 1. The van der Waals surface area contributed by atoms with Gasteiger partial charge in [-0.25, -0.2) is 4.79 Å². The summed E-state index contributed by atoms with van der Waals surface area (Å²) in [7, 11) is 0. The molecule has 3 amide bonds. The van der Waals surface area contributed by atoms with Crippen molar-refractivity contribution in [1.82, 2.24) is 4.90 Å². The lowest BCUT2D eigenvalue weighted by atomic mass is 10.0. The summed E-state index contributed by atoms with van der Waals surface area (Å²) in [6, 6.07) is 5.98. The van der Waals surface area contributed by atoms with Crippen LogP contribution in [0.15, 0.2) is 42.2 Å². The molecule has 0 saturated heterocycles. The molecule has 0 saturated carbocycles. The second-order valence-electron chi connectivity index (χ2n) is 7.65. The normalized spacial score (nSPS) is 13.9. The van der Waals surface area contributed by atoms with Crippen LogP contribution in [0.2, 0.25) is 0 Å². The smallest absolute Gasteiger partial charge is 0.330 e. The molecule has 1 aliphatic heterocycles. The summed E-state index contributed by atoms with van der Waals surface area (Å²) in [5.74, 6) is -3.08. The van der Waals surface area contributed by atoms with Gasteiger partial charge in [0, 0.05) is 23.6 Å². The summed E-state index contributed by atoms with van der Waals surface area (Å²) < 4.78 is 7.10. The number of amides is 3. The largest absolute Gasteiger partial charge is 0.454 e. The van der Waals surface area contributed by atoms with Gasteiger partial charge >= 0.3 is 5.97 Å². The Bertz CT molecular complexity index is 1130. The third kappa shape index (κ3) is 4.96. The number of nitrogens with zero attached hydrogens (tertiary/aromatic N) is 1. The van der Waals surface area contributed by atoms with Crippen LogP contribution < -0.4 is 5.32 Å². The number of imide groups is 1. The van der Waals surface area contributed by atoms with Gasteiger partial charge in [-0.3, -0.25) is 19.3 Å². The van der Waals surface area contributed by atoms with Gasteiger partial charge in [0.25, 0.3) is 17.7 Å². The van der Waals surface area contributed by atoms with Crippen molar-refractivity contribution in [2.45, 2.75) is 26.8 Å². The molecular formula is C22H18Br4N2O5. The van der Waals surface area contributed by atoms with E-state index in [2.05, 4.69) is 69.0 Å². The fourth-order valence-corrected chi connectivity index (χ4v) is 5.87. The van der Waals surface area contributed by atoms with Crippen LogP contribution in [0.5, 0.6) is 0 Å². The first-order chi connectivity index (χ1) is 15.5. The number of ether oxygens (including phenoxy) is 1. The molecule has 0 aliphatic carbocycles. The predicted octanol–water partition coefficient (Wildman–Crippen LogP) is 5.85. The first-order valence-corrected chi connectivity index (χ1v) is 12.9. The van der Waals surface area contributed by atoms with Gasteiger partial charge in [0.15, 0.2) is 6.61 Å². The minimum atomic E-state index is -1.21. The fourth-order valence-electron chi connectivity index (χ4n) is 3.42. The Morgan fingerprint density at radius 1 is 0.939 bits per heavy atom. The number of fused-ring (bicyclic) bond motifs is 1. The summed E-state index contributed by atoms with van der Waals surface area (Å²) in [4.78, 5) is 52.6. The number of hydrogen-bond donors (Lipinski definition) is 1. The second kappa shape index (κ2) is 10.4. The minimum absolute atomic E-state index is 0.137.